The Labute approximate surface area is 138 Å². The number of benzene rings is 1. The molecular formula is C16H20BrNO2S. The van der Waals surface area contributed by atoms with Gasteiger partial charge in [-0.1, -0.05) is 6.07 Å². The highest BCUT2D eigenvalue weighted by Gasteiger charge is 2.08. The van der Waals surface area contributed by atoms with Gasteiger partial charge < -0.3 is 14.8 Å². The van der Waals surface area contributed by atoms with Gasteiger partial charge in [-0.15, -0.1) is 11.3 Å². The molecule has 0 radical (unpaired) electrons. The van der Waals surface area contributed by atoms with Gasteiger partial charge >= 0.3 is 0 Å². The van der Waals surface area contributed by atoms with Gasteiger partial charge in [0.1, 0.15) is 0 Å². The maximum atomic E-state index is 5.33. The lowest BCUT2D eigenvalue weighted by molar-refractivity contribution is 0.354. The van der Waals surface area contributed by atoms with Gasteiger partial charge in [-0.05, 0) is 65.6 Å². The third-order valence-electron chi connectivity index (χ3n) is 3.33. The van der Waals surface area contributed by atoms with Gasteiger partial charge in [0, 0.05) is 10.9 Å². The van der Waals surface area contributed by atoms with Crippen LogP contribution in [0.1, 0.15) is 23.4 Å². The summed E-state index contributed by atoms with van der Waals surface area (Å²) < 4.78 is 11.8. The first-order valence-electron chi connectivity index (χ1n) is 6.83. The highest BCUT2D eigenvalue weighted by Crippen LogP contribution is 2.28. The van der Waals surface area contributed by atoms with Gasteiger partial charge in [0.2, 0.25) is 0 Å². The molecule has 0 aliphatic rings. The summed E-state index contributed by atoms with van der Waals surface area (Å²) in [6.45, 7) is 3.11. The fraction of sp³-hybridized carbons (Fsp3) is 0.375. The summed E-state index contributed by atoms with van der Waals surface area (Å²) in [6, 6.07) is 10.7. The van der Waals surface area contributed by atoms with Gasteiger partial charge in [0.15, 0.2) is 11.5 Å². The van der Waals surface area contributed by atoms with Gasteiger partial charge in [-0.2, -0.15) is 0 Å². The zero-order valence-electron chi connectivity index (χ0n) is 12.5. The molecule has 0 aliphatic carbocycles. The van der Waals surface area contributed by atoms with Crippen molar-refractivity contribution in [1.82, 2.24) is 5.32 Å². The van der Waals surface area contributed by atoms with Gasteiger partial charge in [-0.3, -0.25) is 0 Å². The molecule has 1 heterocycles. The molecular weight excluding hydrogens is 350 g/mol. The van der Waals surface area contributed by atoms with E-state index in [1.54, 1.807) is 25.6 Å². The monoisotopic (exact) mass is 369 g/mol. The summed E-state index contributed by atoms with van der Waals surface area (Å²) >= 11 is 5.27. The molecule has 114 valence electrons. The maximum Gasteiger partial charge on any atom is 0.160 e. The molecule has 0 aliphatic heterocycles. The molecule has 0 saturated carbocycles. The lowest BCUT2D eigenvalue weighted by atomic mass is 10.1. The van der Waals surface area contributed by atoms with Crippen LogP contribution in [0.15, 0.2) is 34.1 Å². The first-order chi connectivity index (χ1) is 10.1. The molecule has 0 fully saturated rings. The smallest absolute Gasteiger partial charge is 0.160 e. The Morgan fingerprint density at radius 3 is 2.52 bits per heavy atom. The van der Waals surface area contributed by atoms with Crippen molar-refractivity contribution in [3.8, 4) is 11.5 Å². The van der Waals surface area contributed by atoms with Crippen molar-refractivity contribution in [2.24, 2.45) is 0 Å². The van der Waals surface area contributed by atoms with Crippen molar-refractivity contribution in [3.63, 3.8) is 0 Å². The average Bonchev–Trinajstić information content (AvgIpc) is 2.93. The van der Waals surface area contributed by atoms with E-state index in [1.807, 2.05) is 12.1 Å². The van der Waals surface area contributed by atoms with Crippen LogP contribution in [0.4, 0.5) is 0 Å². The molecule has 5 heteroatoms. The molecule has 0 saturated heterocycles. The Bertz CT molecular complexity index is 585. The van der Waals surface area contributed by atoms with Crippen LogP contribution in [0.2, 0.25) is 0 Å². The van der Waals surface area contributed by atoms with Gasteiger partial charge in [0.05, 0.1) is 18.0 Å². The highest BCUT2D eigenvalue weighted by molar-refractivity contribution is 9.11. The Morgan fingerprint density at radius 1 is 1.14 bits per heavy atom. The number of halogens is 1. The molecule has 0 spiro atoms. The van der Waals surface area contributed by atoms with Crippen LogP contribution in [0.25, 0.3) is 0 Å². The second-order valence-electron chi connectivity index (χ2n) is 4.76. The van der Waals surface area contributed by atoms with Gasteiger partial charge in [0.25, 0.3) is 0 Å². The van der Waals surface area contributed by atoms with E-state index in [4.69, 9.17) is 9.47 Å². The summed E-state index contributed by atoms with van der Waals surface area (Å²) in [6.07, 6.45) is 0.956. The van der Waals surface area contributed by atoms with Crippen molar-refractivity contribution < 1.29 is 9.47 Å². The van der Waals surface area contributed by atoms with Crippen LogP contribution < -0.4 is 14.8 Å². The number of methoxy groups -OCH3 is 2. The van der Waals surface area contributed by atoms with Crippen molar-refractivity contribution >= 4 is 27.3 Å². The number of hydrogen-bond acceptors (Lipinski definition) is 4. The highest BCUT2D eigenvalue weighted by atomic mass is 79.9. The minimum Gasteiger partial charge on any atom is -0.493 e. The Hall–Kier alpha value is -1.04. The zero-order chi connectivity index (χ0) is 15.2. The fourth-order valence-corrected chi connectivity index (χ4v) is 3.58. The molecule has 3 nitrogen and oxygen atoms in total. The minimum absolute atomic E-state index is 0.362. The van der Waals surface area contributed by atoms with Crippen LogP contribution in [-0.4, -0.2) is 20.8 Å². The summed E-state index contributed by atoms with van der Waals surface area (Å²) in [4.78, 5) is 1.34. The standard InChI is InChI=1S/C16H20BrNO2S/c1-11(15-6-7-16(17)21-15)18-9-8-12-4-5-13(19-2)14(10-12)20-3/h4-7,10-11,18H,8-9H2,1-3H3. The lowest BCUT2D eigenvalue weighted by Crippen LogP contribution is -2.20. The van der Waals surface area contributed by atoms with Gasteiger partial charge in [-0.25, -0.2) is 0 Å². The van der Waals surface area contributed by atoms with E-state index in [0.717, 1.165) is 24.5 Å². The van der Waals surface area contributed by atoms with Crippen molar-refractivity contribution in [3.05, 3.63) is 44.6 Å². The second-order valence-corrected chi connectivity index (χ2v) is 7.25. The van der Waals surface area contributed by atoms with E-state index in [0.29, 0.717) is 6.04 Å². The third-order valence-corrected chi connectivity index (χ3v) is 5.14. The van der Waals surface area contributed by atoms with E-state index in [1.165, 1.54) is 14.2 Å². The van der Waals surface area contributed by atoms with Crippen LogP contribution in [0.5, 0.6) is 11.5 Å². The summed E-state index contributed by atoms with van der Waals surface area (Å²) in [5.41, 5.74) is 1.24. The van der Waals surface area contributed by atoms with E-state index < -0.39 is 0 Å². The Balaban J connectivity index is 1.88. The van der Waals surface area contributed by atoms with Crippen molar-refractivity contribution in [2.75, 3.05) is 20.8 Å². The minimum atomic E-state index is 0.362. The Kier molecular flexibility index (Phi) is 6.08. The molecule has 0 amide bonds. The number of rotatable bonds is 7. The van der Waals surface area contributed by atoms with E-state index in [-0.39, 0.29) is 0 Å². The number of hydrogen-bond donors (Lipinski definition) is 1. The molecule has 2 aromatic rings. The molecule has 0 bridgehead atoms. The second kappa shape index (κ2) is 7.82. The van der Waals surface area contributed by atoms with Crippen molar-refractivity contribution in [1.29, 1.82) is 0 Å². The van der Waals surface area contributed by atoms with Crippen molar-refractivity contribution in [2.45, 2.75) is 19.4 Å². The zero-order valence-corrected chi connectivity index (χ0v) is 14.9. The predicted octanol–water partition coefficient (Wildman–Crippen LogP) is 4.42. The quantitative estimate of drug-likeness (QED) is 0.783. The lowest BCUT2D eigenvalue weighted by Gasteiger charge is -2.13. The molecule has 21 heavy (non-hydrogen) atoms. The summed E-state index contributed by atoms with van der Waals surface area (Å²) in [5, 5.41) is 3.54. The summed E-state index contributed by atoms with van der Waals surface area (Å²) in [5.74, 6) is 1.55. The van der Waals surface area contributed by atoms with Crippen LogP contribution in [0, 0.1) is 0 Å². The largest absolute Gasteiger partial charge is 0.493 e. The number of thiophene rings is 1. The number of ether oxygens (including phenoxy) is 2. The van der Waals surface area contributed by atoms with E-state index in [2.05, 4.69) is 46.4 Å². The normalized spacial score (nSPS) is 12.2. The predicted molar refractivity (Wildman–Crippen MR) is 91.7 cm³/mol. The van der Waals surface area contributed by atoms with Crippen LogP contribution in [-0.2, 0) is 6.42 Å². The molecule has 2 rings (SSSR count). The fourth-order valence-electron chi connectivity index (χ4n) is 2.13. The van der Waals surface area contributed by atoms with E-state index in [9.17, 15) is 0 Å². The molecule has 1 aromatic heterocycles. The first-order valence-corrected chi connectivity index (χ1v) is 8.44. The topological polar surface area (TPSA) is 30.5 Å². The number of nitrogens with one attached hydrogen (secondary N) is 1. The summed E-state index contributed by atoms with van der Waals surface area (Å²) in [7, 11) is 3.32. The van der Waals surface area contributed by atoms with Crippen LogP contribution >= 0.6 is 27.3 Å². The molecule has 1 N–H and O–H groups in total. The van der Waals surface area contributed by atoms with E-state index >= 15 is 0 Å². The average molecular weight is 370 g/mol. The maximum absolute atomic E-state index is 5.33. The van der Waals surface area contributed by atoms with Crippen LogP contribution in [0.3, 0.4) is 0 Å². The molecule has 1 aromatic carbocycles. The molecule has 1 atom stereocenters. The Morgan fingerprint density at radius 2 is 1.90 bits per heavy atom. The SMILES string of the molecule is COc1ccc(CCNC(C)c2ccc(Br)s2)cc1OC. The third kappa shape index (κ3) is 4.46. The molecule has 1 unspecified atom stereocenters. The first kappa shape index (κ1) is 16.3.